The lowest BCUT2D eigenvalue weighted by atomic mass is 10.0. The topological polar surface area (TPSA) is 63.2 Å². The molecule has 122 valence electrons. The molecule has 1 aromatic carbocycles. The molecule has 23 heavy (non-hydrogen) atoms. The molecule has 0 aliphatic heterocycles. The number of anilines is 1. The molecule has 1 fully saturated rings. The quantitative estimate of drug-likeness (QED) is 0.886. The lowest BCUT2D eigenvalue weighted by Crippen LogP contribution is -2.38. The molecule has 2 aromatic rings. The number of halogens is 3. The maximum absolute atomic E-state index is 12.3. The van der Waals surface area contributed by atoms with E-state index in [0.717, 1.165) is 0 Å². The first kappa shape index (κ1) is 15.6. The van der Waals surface area contributed by atoms with Gasteiger partial charge in [0.25, 0.3) is 0 Å². The van der Waals surface area contributed by atoms with Gasteiger partial charge in [-0.25, -0.2) is 9.78 Å². The van der Waals surface area contributed by atoms with Crippen LogP contribution in [0.25, 0.3) is 0 Å². The summed E-state index contributed by atoms with van der Waals surface area (Å²) in [4.78, 5) is 15.9. The largest absolute Gasteiger partial charge is 0.573 e. The van der Waals surface area contributed by atoms with Gasteiger partial charge in [0.05, 0.1) is 5.54 Å². The van der Waals surface area contributed by atoms with Gasteiger partial charge in [-0.2, -0.15) is 0 Å². The van der Waals surface area contributed by atoms with Gasteiger partial charge in [-0.3, -0.25) is 5.32 Å². The van der Waals surface area contributed by atoms with Gasteiger partial charge in [0.15, 0.2) is 5.13 Å². The number of benzene rings is 1. The molecule has 0 unspecified atom stereocenters. The fourth-order valence-corrected chi connectivity index (χ4v) is 2.76. The Bertz CT molecular complexity index is 700. The number of carbonyl (C=O) groups is 1. The summed E-state index contributed by atoms with van der Waals surface area (Å²) < 4.78 is 40.8. The molecule has 0 atom stereocenters. The molecule has 2 N–H and O–H groups in total. The van der Waals surface area contributed by atoms with E-state index in [2.05, 4.69) is 20.4 Å². The number of hydrogen-bond acceptors (Lipinski definition) is 4. The Labute approximate surface area is 133 Å². The van der Waals surface area contributed by atoms with Crippen molar-refractivity contribution in [3.8, 4) is 5.75 Å². The van der Waals surface area contributed by atoms with Crippen LogP contribution in [0.5, 0.6) is 5.75 Å². The van der Waals surface area contributed by atoms with Crippen molar-refractivity contribution in [2.75, 3.05) is 5.32 Å². The van der Waals surface area contributed by atoms with Gasteiger partial charge in [0.1, 0.15) is 5.75 Å². The van der Waals surface area contributed by atoms with E-state index in [1.165, 1.54) is 29.5 Å². The molecule has 2 amide bonds. The first-order valence-corrected chi connectivity index (χ1v) is 7.59. The Morgan fingerprint density at radius 2 is 2.13 bits per heavy atom. The van der Waals surface area contributed by atoms with Crippen LogP contribution in [0.4, 0.5) is 23.1 Å². The van der Waals surface area contributed by atoms with Gasteiger partial charge in [-0.1, -0.05) is 12.1 Å². The minimum Gasteiger partial charge on any atom is -0.406 e. The normalized spacial score (nSPS) is 15.8. The van der Waals surface area contributed by atoms with Crippen LogP contribution in [0.1, 0.15) is 18.4 Å². The molecule has 9 heteroatoms. The first-order chi connectivity index (χ1) is 10.9. The Balaban J connectivity index is 1.70. The third-order valence-corrected chi connectivity index (χ3v) is 4.06. The fraction of sp³-hybridized carbons (Fsp3) is 0.286. The highest BCUT2D eigenvalue weighted by molar-refractivity contribution is 7.13. The average Bonchev–Trinajstić information content (AvgIpc) is 3.04. The van der Waals surface area contributed by atoms with Gasteiger partial charge >= 0.3 is 12.4 Å². The van der Waals surface area contributed by atoms with Crippen LogP contribution in [-0.2, 0) is 5.54 Å². The summed E-state index contributed by atoms with van der Waals surface area (Å²) in [5.74, 6) is -0.302. The summed E-state index contributed by atoms with van der Waals surface area (Å²) in [6.07, 6.45) is -1.89. The van der Waals surface area contributed by atoms with Crippen molar-refractivity contribution in [1.82, 2.24) is 10.3 Å². The van der Waals surface area contributed by atoms with Crippen molar-refractivity contribution in [3.05, 3.63) is 41.4 Å². The zero-order valence-corrected chi connectivity index (χ0v) is 12.5. The molecular formula is C14H12F3N3O2S. The maximum Gasteiger partial charge on any atom is 0.573 e. The van der Waals surface area contributed by atoms with E-state index in [9.17, 15) is 18.0 Å². The number of rotatable bonds is 4. The molecule has 1 heterocycles. The van der Waals surface area contributed by atoms with Gasteiger partial charge in [0.2, 0.25) is 0 Å². The fourth-order valence-electron chi connectivity index (χ4n) is 2.23. The van der Waals surface area contributed by atoms with Crippen molar-refractivity contribution < 1.29 is 22.7 Å². The van der Waals surface area contributed by atoms with Gasteiger partial charge in [0, 0.05) is 11.6 Å². The second kappa shape index (κ2) is 5.73. The highest BCUT2D eigenvalue weighted by Crippen LogP contribution is 2.46. The predicted octanol–water partition coefficient (Wildman–Crippen LogP) is 3.85. The lowest BCUT2D eigenvalue weighted by molar-refractivity contribution is -0.274. The first-order valence-electron chi connectivity index (χ1n) is 6.71. The molecule has 1 aliphatic rings. The van der Waals surface area contributed by atoms with Crippen molar-refractivity contribution in [1.29, 1.82) is 0 Å². The van der Waals surface area contributed by atoms with Crippen molar-refractivity contribution in [3.63, 3.8) is 0 Å². The molecule has 0 saturated heterocycles. The van der Waals surface area contributed by atoms with E-state index in [4.69, 9.17) is 0 Å². The highest BCUT2D eigenvalue weighted by atomic mass is 32.1. The monoisotopic (exact) mass is 343 g/mol. The summed E-state index contributed by atoms with van der Waals surface area (Å²) in [6, 6.07) is 5.21. The van der Waals surface area contributed by atoms with Gasteiger partial charge in [-0.05, 0) is 30.5 Å². The molecule has 1 saturated carbocycles. The average molecular weight is 343 g/mol. The molecule has 3 rings (SSSR count). The Morgan fingerprint density at radius 3 is 2.74 bits per heavy atom. The van der Waals surface area contributed by atoms with Crippen molar-refractivity contribution in [2.45, 2.75) is 24.7 Å². The maximum atomic E-state index is 12.3. The zero-order chi connectivity index (χ0) is 16.5. The smallest absolute Gasteiger partial charge is 0.406 e. The number of carbonyl (C=O) groups excluding carboxylic acids is 1. The van der Waals surface area contributed by atoms with E-state index in [1.54, 1.807) is 17.6 Å². The van der Waals surface area contributed by atoms with E-state index < -0.39 is 17.9 Å². The predicted molar refractivity (Wildman–Crippen MR) is 78.3 cm³/mol. The van der Waals surface area contributed by atoms with Crippen molar-refractivity contribution >= 4 is 22.5 Å². The standard InChI is InChI=1S/C14H12F3N3O2S/c15-14(16,17)22-10-3-1-2-9(8-10)13(4-5-13)20-11(21)19-12-18-6-7-23-12/h1-3,6-8H,4-5H2,(H2,18,19,20,21). The summed E-state index contributed by atoms with van der Waals surface area (Å²) in [7, 11) is 0. The van der Waals surface area contributed by atoms with E-state index in [0.29, 0.717) is 23.5 Å². The van der Waals surface area contributed by atoms with Crippen molar-refractivity contribution in [2.24, 2.45) is 0 Å². The molecule has 0 bridgehead atoms. The molecule has 0 spiro atoms. The minimum atomic E-state index is -4.75. The van der Waals surface area contributed by atoms with Crippen LogP contribution in [-0.4, -0.2) is 17.4 Å². The summed E-state index contributed by atoms with van der Waals surface area (Å²) in [5.41, 5.74) is -0.0831. The van der Waals surface area contributed by atoms with E-state index >= 15 is 0 Å². The van der Waals surface area contributed by atoms with Crippen LogP contribution >= 0.6 is 11.3 Å². The highest BCUT2D eigenvalue weighted by Gasteiger charge is 2.46. The molecular weight excluding hydrogens is 331 g/mol. The second-order valence-electron chi connectivity index (χ2n) is 5.07. The second-order valence-corrected chi connectivity index (χ2v) is 5.97. The number of urea groups is 1. The van der Waals surface area contributed by atoms with Gasteiger partial charge in [-0.15, -0.1) is 24.5 Å². The molecule has 1 aromatic heterocycles. The Hall–Kier alpha value is -2.29. The summed E-state index contributed by atoms with van der Waals surface area (Å²) >= 11 is 1.27. The van der Waals surface area contributed by atoms with Crippen LogP contribution in [0.3, 0.4) is 0 Å². The number of aromatic nitrogens is 1. The van der Waals surface area contributed by atoms with Gasteiger partial charge < -0.3 is 10.1 Å². The summed E-state index contributed by atoms with van der Waals surface area (Å²) in [6.45, 7) is 0. The number of hydrogen-bond donors (Lipinski definition) is 2. The number of ether oxygens (including phenoxy) is 1. The minimum absolute atomic E-state index is 0.302. The van der Waals surface area contributed by atoms with E-state index in [-0.39, 0.29) is 5.75 Å². The Morgan fingerprint density at radius 1 is 1.35 bits per heavy atom. The Kier molecular flexibility index (Phi) is 3.88. The van der Waals surface area contributed by atoms with Crippen LogP contribution < -0.4 is 15.4 Å². The zero-order valence-electron chi connectivity index (χ0n) is 11.7. The summed E-state index contributed by atoms with van der Waals surface area (Å²) in [5, 5.41) is 7.55. The van der Waals surface area contributed by atoms with E-state index in [1.807, 2.05) is 0 Å². The third kappa shape index (κ3) is 3.92. The molecule has 5 nitrogen and oxygen atoms in total. The van der Waals surface area contributed by atoms with Crippen LogP contribution in [0, 0.1) is 0 Å². The number of nitrogens with one attached hydrogen (secondary N) is 2. The number of alkyl halides is 3. The van der Waals surface area contributed by atoms with Crippen LogP contribution in [0.2, 0.25) is 0 Å². The SMILES string of the molecule is O=C(Nc1nccs1)NC1(c2cccc(OC(F)(F)F)c2)CC1. The third-order valence-electron chi connectivity index (χ3n) is 3.38. The number of nitrogens with zero attached hydrogens (tertiary/aromatic N) is 1. The lowest BCUT2D eigenvalue weighted by Gasteiger charge is -2.19. The molecule has 1 aliphatic carbocycles. The van der Waals surface area contributed by atoms with Crippen LogP contribution in [0.15, 0.2) is 35.8 Å². The number of amides is 2. The molecule has 0 radical (unpaired) electrons. The number of thiazole rings is 1.